The number of hydrogen-bond acceptors (Lipinski definition) is 6. The van der Waals surface area contributed by atoms with Crippen LogP contribution in [0.15, 0.2) is 36.7 Å². The van der Waals surface area contributed by atoms with Crippen LogP contribution in [0.4, 0.5) is 5.69 Å². The Kier molecular flexibility index (Phi) is 6.17. The Morgan fingerprint density at radius 3 is 2.50 bits per heavy atom. The molecule has 0 spiro atoms. The average molecular weight is 437 g/mol. The van der Waals surface area contributed by atoms with Gasteiger partial charge in [0.1, 0.15) is 13.2 Å². The molecule has 0 saturated carbocycles. The topological polar surface area (TPSA) is 58.1 Å². The van der Waals surface area contributed by atoms with Crippen molar-refractivity contribution in [2.45, 2.75) is 26.3 Å². The standard InChI is InChI=1S/C25H32N4O3/c1-19-17-26-7-4-22(19)28-8-5-21(6-9-28)25(30)29-12-10-27(11-13-29)18-20-2-3-23-24(16-20)32-15-14-31-23/h2-4,7,16-17,21H,5-6,8-15,18H2,1H3. The van der Waals surface area contributed by atoms with Gasteiger partial charge in [-0.25, -0.2) is 0 Å². The van der Waals surface area contributed by atoms with Crippen LogP contribution in [0.5, 0.6) is 11.5 Å². The number of amides is 1. The molecule has 170 valence electrons. The van der Waals surface area contributed by atoms with Gasteiger partial charge < -0.3 is 19.3 Å². The number of fused-ring (bicyclic) bond motifs is 1. The van der Waals surface area contributed by atoms with Crippen LogP contribution in [0.2, 0.25) is 0 Å². The number of aromatic nitrogens is 1. The van der Waals surface area contributed by atoms with Gasteiger partial charge in [0, 0.05) is 69.8 Å². The van der Waals surface area contributed by atoms with Gasteiger partial charge in [-0.1, -0.05) is 6.07 Å². The lowest BCUT2D eigenvalue weighted by molar-refractivity contribution is -0.138. The molecule has 7 nitrogen and oxygen atoms in total. The van der Waals surface area contributed by atoms with Crippen LogP contribution >= 0.6 is 0 Å². The highest BCUT2D eigenvalue weighted by Gasteiger charge is 2.31. The van der Waals surface area contributed by atoms with Crippen molar-refractivity contribution in [3.05, 3.63) is 47.8 Å². The van der Waals surface area contributed by atoms with Gasteiger partial charge in [-0.3, -0.25) is 14.7 Å². The molecule has 2 saturated heterocycles. The molecule has 4 heterocycles. The van der Waals surface area contributed by atoms with E-state index in [1.807, 2.05) is 18.5 Å². The highest BCUT2D eigenvalue weighted by Crippen LogP contribution is 2.31. The molecule has 1 aromatic carbocycles. The van der Waals surface area contributed by atoms with Gasteiger partial charge in [0.2, 0.25) is 5.91 Å². The van der Waals surface area contributed by atoms with Gasteiger partial charge in [-0.15, -0.1) is 0 Å². The Balaban J connectivity index is 1.10. The highest BCUT2D eigenvalue weighted by molar-refractivity contribution is 5.79. The predicted molar refractivity (Wildman–Crippen MR) is 123 cm³/mol. The molecule has 1 amide bonds. The predicted octanol–water partition coefficient (Wildman–Crippen LogP) is 2.72. The molecular formula is C25H32N4O3. The van der Waals surface area contributed by atoms with Crippen molar-refractivity contribution in [1.82, 2.24) is 14.8 Å². The zero-order valence-corrected chi connectivity index (χ0v) is 18.8. The van der Waals surface area contributed by atoms with Crippen LogP contribution in [0.25, 0.3) is 0 Å². The number of piperidine rings is 1. The zero-order chi connectivity index (χ0) is 21.9. The molecule has 2 aromatic rings. The molecular weight excluding hydrogens is 404 g/mol. The number of piperazine rings is 1. The SMILES string of the molecule is Cc1cnccc1N1CCC(C(=O)N2CCN(Cc3ccc4c(c3)OCCO4)CC2)CC1. The van der Waals surface area contributed by atoms with Crippen LogP contribution < -0.4 is 14.4 Å². The highest BCUT2D eigenvalue weighted by atomic mass is 16.6. The lowest BCUT2D eigenvalue weighted by Crippen LogP contribution is -2.51. The molecule has 32 heavy (non-hydrogen) atoms. The molecule has 0 bridgehead atoms. The van der Waals surface area contributed by atoms with E-state index in [2.05, 4.69) is 44.8 Å². The number of nitrogens with zero attached hydrogens (tertiary/aromatic N) is 4. The molecule has 0 N–H and O–H groups in total. The maximum Gasteiger partial charge on any atom is 0.225 e. The van der Waals surface area contributed by atoms with E-state index in [1.165, 1.54) is 16.8 Å². The zero-order valence-electron chi connectivity index (χ0n) is 18.8. The lowest BCUT2D eigenvalue weighted by atomic mass is 9.94. The smallest absolute Gasteiger partial charge is 0.225 e. The molecule has 0 radical (unpaired) electrons. The molecule has 5 rings (SSSR count). The Bertz CT molecular complexity index is 950. The Morgan fingerprint density at radius 2 is 1.75 bits per heavy atom. The van der Waals surface area contributed by atoms with Crippen molar-refractivity contribution in [2.75, 3.05) is 57.4 Å². The number of anilines is 1. The van der Waals surface area contributed by atoms with E-state index in [0.717, 1.165) is 70.2 Å². The van der Waals surface area contributed by atoms with Crippen LogP contribution in [-0.4, -0.2) is 73.2 Å². The third-order valence-corrected chi connectivity index (χ3v) is 6.87. The van der Waals surface area contributed by atoms with Crippen LogP contribution in [0.1, 0.15) is 24.0 Å². The first-order chi connectivity index (χ1) is 15.7. The summed E-state index contributed by atoms with van der Waals surface area (Å²) >= 11 is 0. The van der Waals surface area contributed by atoms with Gasteiger partial charge in [-0.05, 0) is 49.1 Å². The van der Waals surface area contributed by atoms with Crippen molar-refractivity contribution >= 4 is 11.6 Å². The summed E-state index contributed by atoms with van der Waals surface area (Å²) in [5, 5.41) is 0. The first-order valence-corrected chi connectivity index (χ1v) is 11.7. The number of aryl methyl sites for hydroxylation is 1. The summed E-state index contributed by atoms with van der Waals surface area (Å²) in [6.45, 7) is 9.52. The second-order valence-electron chi connectivity index (χ2n) is 9.00. The molecule has 0 atom stereocenters. The Labute approximate surface area is 189 Å². The lowest BCUT2D eigenvalue weighted by Gasteiger charge is -2.39. The molecule has 2 fully saturated rings. The third-order valence-electron chi connectivity index (χ3n) is 6.87. The number of carbonyl (C=O) groups excluding carboxylic acids is 1. The van der Waals surface area contributed by atoms with Crippen molar-refractivity contribution < 1.29 is 14.3 Å². The third kappa shape index (κ3) is 4.53. The number of pyridine rings is 1. The molecule has 3 aliphatic heterocycles. The fraction of sp³-hybridized carbons (Fsp3) is 0.520. The minimum Gasteiger partial charge on any atom is -0.486 e. The Hall–Kier alpha value is -2.80. The molecule has 1 aromatic heterocycles. The first-order valence-electron chi connectivity index (χ1n) is 11.7. The van der Waals surface area contributed by atoms with Crippen molar-refractivity contribution in [2.24, 2.45) is 5.92 Å². The summed E-state index contributed by atoms with van der Waals surface area (Å²) in [5.74, 6) is 2.17. The normalized spacial score (nSPS) is 19.8. The van der Waals surface area contributed by atoms with Crippen molar-refractivity contribution in [1.29, 1.82) is 0 Å². The van der Waals surface area contributed by atoms with Gasteiger partial charge in [0.25, 0.3) is 0 Å². The van der Waals surface area contributed by atoms with E-state index in [4.69, 9.17) is 9.47 Å². The van der Waals surface area contributed by atoms with Crippen LogP contribution in [0.3, 0.4) is 0 Å². The van der Waals surface area contributed by atoms with Crippen molar-refractivity contribution in [3.63, 3.8) is 0 Å². The van der Waals surface area contributed by atoms with Crippen molar-refractivity contribution in [3.8, 4) is 11.5 Å². The van der Waals surface area contributed by atoms with E-state index in [-0.39, 0.29) is 5.92 Å². The van der Waals surface area contributed by atoms with E-state index < -0.39 is 0 Å². The molecule has 7 heteroatoms. The first kappa shape index (κ1) is 21.1. The number of hydrogen-bond donors (Lipinski definition) is 0. The van der Waals surface area contributed by atoms with E-state index in [1.54, 1.807) is 0 Å². The number of ether oxygens (including phenoxy) is 2. The monoisotopic (exact) mass is 436 g/mol. The van der Waals surface area contributed by atoms with Gasteiger partial charge in [0.15, 0.2) is 11.5 Å². The molecule has 3 aliphatic rings. The van der Waals surface area contributed by atoms with Crippen LogP contribution in [0, 0.1) is 12.8 Å². The summed E-state index contributed by atoms with van der Waals surface area (Å²) in [7, 11) is 0. The quantitative estimate of drug-likeness (QED) is 0.735. The Morgan fingerprint density at radius 1 is 1.00 bits per heavy atom. The number of carbonyl (C=O) groups is 1. The van der Waals surface area contributed by atoms with Crippen LogP contribution in [-0.2, 0) is 11.3 Å². The largest absolute Gasteiger partial charge is 0.486 e. The maximum atomic E-state index is 13.1. The summed E-state index contributed by atoms with van der Waals surface area (Å²) in [5.41, 5.74) is 3.68. The minimum atomic E-state index is 0.151. The second kappa shape index (κ2) is 9.36. The molecule has 0 aliphatic carbocycles. The van der Waals surface area contributed by atoms with E-state index >= 15 is 0 Å². The maximum absolute atomic E-state index is 13.1. The summed E-state index contributed by atoms with van der Waals surface area (Å²) < 4.78 is 11.3. The van der Waals surface area contributed by atoms with E-state index in [9.17, 15) is 4.79 Å². The van der Waals surface area contributed by atoms with E-state index in [0.29, 0.717) is 19.1 Å². The minimum absolute atomic E-state index is 0.151. The molecule has 0 unspecified atom stereocenters. The summed E-state index contributed by atoms with van der Waals surface area (Å²) in [4.78, 5) is 24.2. The van der Waals surface area contributed by atoms with Gasteiger partial charge in [0.05, 0.1) is 0 Å². The summed E-state index contributed by atoms with van der Waals surface area (Å²) in [6, 6.07) is 8.29. The number of benzene rings is 1. The van der Waals surface area contributed by atoms with Gasteiger partial charge >= 0.3 is 0 Å². The fourth-order valence-corrected chi connectivity index (χ4v) is 5.02. The number of rotatable bonds is 4. The second-order valence-corrected chi connectivity index (χ2v) is 9.00. The van der Waals surface area contributed by atoms with Gasteiger partial charge in [-0.2, -0.15) is 0 Å². The average Bonchev–Trinajstić information content (AvgIpc) is 2.84. The summed E-state index contributed by atoms with van der Waals surface area (Å²) in [6.07, 6.45) is 5.62. The fourth-order valence-electron chi connectivity index (χ4n) is 5.02.